The second-order valence-electron chi connectivity index (χ2n) is 5.42. The van der Waals surface area contributed by atoms with E-state index in [2.05, 4.69) is 10.3 Å². The van der Waals surface area contributed by atoms with Gasteiger partial charge in [0.25, 0.3) is 0 Å². The summed E-state index contributed by atoms with van der Waals surface area (Å²) >= 11 is 0. The molecule has 0 aliphatic rings. The summed E-state index contributed by atoms with van der Waals surface area (Å²) in [7, 11) is 0. The van der Waals surface area contributed by atoms with Gasteiger partial charge in [0, 0.05) is 24.5 Å². The molecule has 122 valence electrons. The van der Waals surface area contributed by atoms with Crippen LogP contribution in [0.25, 0.3) is 11.1 Å². The number of halogens is 2. The summed E-state index contributed by atoms with van der Waals surface area (Å²) < 4.78 is 26.2. The Morgan fingerprint density at radius 2 is 1.58 bits per heavy atom. The van der Waals surface area contributed by atoms with Gasteiger partial charge in [-0.1, -0.05) is 30.3 Å². The number of hydrogen-bond donors (Lipinski definition) is 2. The van der Waals surface area contributed by atoms with Crippen LogP contribution in [-0.4, -0.2) is 10.1 Å². The Balaban J connectivity index is 1.73. The van der Waals surface area contributed by atoms with Gasteiger partial charge in [-0.15, -0.1) is 0 Å². The summed E-state index contributed by atoms with van der Waals surface area (Å²) in [6, 6.07) is 13.3. The van der Waals surface area contributed by atoms with Crippen LogP contribution in [0.1, 0.15) is 11.1 Å². The number of hydrogen-bond acceptors (Lipinski definition) is 3. The summed E-state index contributed by atoms with van der Waals surface area (Å²) in [6.07, 6.45) is 3.42. The summed E-state index contributed by atoms with van der Waals surface area (Å²) in [4.78, 5) is 4.20. The molecule has 3 rings (SSSR count). The molecule has 0 atom stereocenters. The number of rotatable bonds is 5. The molecule has 3 nitrogen and oxygen atoms in total. The SMILES string of the molecule is OCc1ccc(-c2cncc(NCc3ccc(F)c(F)c3)c2)cc1. The Labute approximate surface area is 138 Å². The number of benzene rings is 2. The quantitative estimate of drug-likeness (QED) is 0.741. The molecule has 1 heterocycles. The van der Waals surface area contributed by atoms with Gasteiger partial charge in [0.2, 0.25) is 0 Å². The van der Waals surface area contributed by atoms with Crippen molar-refractivity contribution >= 4 is 5.69 Å². The van der Waals surface area contributed by atoms with Crippen molar-refractivity contribution in [2.75, 3.05) is 5.32 Å². The lowest BCUT2D eigenvalue weighted by atomic mass is 10.1. The Hall–Kier alpha value is -2.79. The third-order valence-corrected chi connectivity index (χ3v) is 3.69. The molecule has 0 unspecified atom stereocenters. The topological polar surface area (TPSA) is 45.2 Å². The van der Waals surface area contributed by atoms with Gasteiger partial charge in [-0.2, -0.15) is 0 Å². The average molecular weight is 326 g/mol. The first kappa shape index (κ1) is 16.1. The lowest BCUT2D eigenvalue weighted by Crippen LogP contribution is -2.01. The van der Waals surface area contributed by atoms with E-state index in [-0.39, 0.29) is 6.61 Å². The monoisotopic (exact) mass is 326 g/mol. The smallest absolute Gasteiger partial charge is 0.159 e. The molecule has 0 aliphatic carbocycles. The van der Waals surface area contributed by atoms with Gasteiger partial charge in [0.15, 0.2) is 11.6 Å². The minimum Gasteiger partial charge on any atom is -0.392 e. The molecule has 2 aromatic carbocycles. The lowest BCUT2D eigenvalue weighted by molar-refractivity contribution is 0.282. The minimum atomic E-state index is -0.856. The zero-order valence-electron chi connectivity index (χ0n) is 12.8. The van der Waals surface area contributed by atoms with Crippen molar-refractivity contribution in [1.29, 1.82) is 0 Å². The molecule has 0 spiro atoms. The molecule has 2 N–H and O–H groups in total. The molecule has 5 heteroatoms. The third kappa shape index (κ3) is 3.75. The van der Waals surface area contributed by atoms with Crippen molar-refractivity contribution < 1.29 is 13.9 Å². The predicted molar refractivity (Wildman–Crippen MR) is 89.3 cm³/mol. The van der Waals surface area contributed by atoms with Crippen LogP contribution in [0.4, 0.5) is 14.5 Å². The molecule has 0 fully saturated rings. The Morgan fingerprint density at radius 3 is 2.29 bits per heavy atom. The van der Waals surface area contributed by atoms with E-state index in [0.29, 0.717) is 12.1 Å². The molecule has 0 saturated carbocycles. The molecule has 24 heavy (non-hydrogen) atoms. The highest BCUT2D eigenvalue weighted by molar-refractivity contribution is 5.66. The van der Waals surface area contributed by atoms with Gasteiger partial charge in [-0.3, -0.25) is 4.98 Å². The number of anilines is 1. The summed E-state index contributed by atoms with van der Waals surface area (Å²) in [5.41, 5.74) is 4.18. The van der Waals surface area contributed by atoms with Crippen molar-refractivity contribution in [1.82, 2.24) is 4.98 Å². The maximum Gasteiger partial charge on any atom is 0.159 e. The van der Waals surface area contributed by atoms with E-state index >= 15 is 0 Å². The van der Waals surface area contributed by atoms with Gasteiger partial charge < -0.3 is 10.4 Å². The summed E-state index contributed by atoms with van der Waals surface area (Å²) in [5.74, 6) is -1.71. The van der Waals surface area contributed by atoms with Crippen molar-refractivity contribution in [2.45, 2.75) is 13.2 Å². The third-order valence-electron chi connectivity index (χ3n) is 3.69. The summed E-state index contributed by atoms with van der Waals surface area (Å²) in [5, 5.41) is 12.2. The van der Waals surface area contributed by atoms with Crippen LogP contribution in [0, 0.1) is 11.6 Å². The molecule has 0 saturated heterocycles. The molecular formula is C19H16F2N2O. The molecular weight excluding hydrogens is 310 g/mol. The number of aromatic nitrogens is 1. The maximum atomic E-state index is 13.2. The van der Waals surface area contributed by atoms with Crippen LogP contribution in [0.15, 0.2) is 60.9 Å². The fourth-order valence-electron chi connectivity index (χ4n) is 2.35. The second kappa shape index (κ2) is 7.19. The van der Waals surface area contributed by atoms with E-state index in [4.69, 9.17) is 5.11 Å². The number of nitrogens with zero attached hydrogens (tertiary/aromatic N) is 1. The van der Waals surface area contributed by atoms with Crippen LogP contribution in [0.2, 0.25) is 0 Å². The number of nitrogens with one attached hydrogen (secondary N) is 1. The highest BCUT2D eigenvalue weighted by Gasteiger charge is 2.04. The number of aliphatic hydroxyl groups excluding tert-OH is 1. The van der Waals surface area contributed by atoms with E-state index in [9.17, 15) is 8.78 Å². The first-order valence-electron chi connectivity index (χ1n) is 7.49. The minimum absolute atomic E-state index is 0.00829. The van der Waals surface area contributed by atoms with Gasteiger partial charge >= 0.3 is 0 Å². The standard InChI is InChI=1S/C19H16F2N2O/c20-18-6-3-14(7-19(18)21)9-23-17-8-16(10-22-11-17)15-4-1-13(12-24)2-5-15/h1-8,10-11,23-24H,9,12H2. The van der Waals surface area contributed by atoms with Gasteiger partial charge in [-0.05, 0) is 34.9 Å². The lowest BCUT2D eigenvalue weighted by Gasteiger charge is -2.09. The first-order chi connectivity index (χ1) is 11.7. The molecule has 0 amide bonds. The van der Waals surface area contributed by atoms with Gasteiger partial charge in [0.05, 0.1) is 12.3 Å². The Kier molecular flexibility index (Phi) is 4.82. The number of pyridine rings is 1. The number of aliphatic hydroxyl groups is 1. The second-order valence-corrected chi connectivity index (χ2v) is 5.42. The van der Waals surface area contributed by atoms with Crippen molar-refractivity contribution in [2.24, 2.45) is 0 Å². The average Bonchev–Trinajstić information content (AvgIpc) is 2.63. The largest absolute Gasteiger partial charge is 0.392 e. The molecule has 0 aliphatic heterocycles. The van der Waals surface area contributed by atoms with Crippen LogP contribution >= 0.6 is 0 Å². The zero-order chi connectivity index (χ0) is 16.9. The van der Waals surface area contributed by atoms with Gasteiger partial charge in [0.1, 0.15) is 0 Å². The predicted octanol–water partition coefficient (Wildman–Crippen LogP) is 4.13. The van der Waals surface area contributed by atoms with Gasteiger partial charge in [-0.25, -0.2) is 8.78 Å². The fraction of sp³-hybridized carbons (Fsp3) is 0.105. The molecule has 3 aromatic rings. The first-order valence-corrected chi connectivity index (χ1v) is 7.49. The zero-order valence-corrected chi connectivity index (χ0v) is 12.8. The Bertz CT molecular complexity index is 835. The van der Waals surface area contributed by atoms with Crippen molar-refractivity contribution in [3.63, 3.8) is 0 Å². The van der Waals surface area contributed by atoms with Crippen molar-refractivity contribution in [3.8, 4) is 11.1 Å². The highest BCUT2D eigenvalue weighted by atomic mass is 19.2. The molecule has 0 bridgehead atoms. The van der Waals surface area contributed by atoms with Crippen LogP contribution in [0.5, 0.6) is 0 Å². The van der Waals surface area contributed by atoms with E-state index in [0.717, 1.165) is 28.4 Å². The Morgan fingerprint density at radius 1 is 0.833 bits per heavy atom. The van der Waals surface area contributed by atoms with E-state index in [1.54, 1.807) is 12.4 Å². The fourth-order valence-corrected chi connectivity index (χ4v) is 2.35. The van der Waals surface area contributed by atoms with E-state index in [1.807, 2.05) is 30.3 Å². The van der Waals surface area contributed by atoms with Crippen LogP contribution in [0.3, 0.4) is 0 Å². The maximum absolute atomic E-state index is 13.2. The van der Waals surface area contributed by atoms with E-state index in [1.165, 1.54) is 12.1 Å². The van der Waals surface area contributed by atoms with Crippen molar-refractivity contribution in [3.05, 3.63) is 83.7 Å². The van der Waals surface area contributed by atoms with E-state index < -0.39 is 11.6 Å². The van der Waals surface area contributed by atoms with Crippen LogP contribution in [-0.2, 0) is 13.2 Å². The highest BCUT2D eigenvalue weighted by Crippen LogP contribution is 2.22. The molecule has 1 aromatic heterocycles. The normalized spacial score (nSPS) is 10.6. The summed E-state index contributed by atoms with van der Waals surface area (Å²) in [6.45, 7) is 0.375. The molecule has 0 radical (unpaired) electrons. The van der Waals surface area contributed by atoms with Crippen LogP contribution < -0.4 is 5.32 Å².